The summed E-state index contributed by atoms with van der Waals surface area (Å²) in [4.78, 5) is 66.6. The van der Waals surface area contributed by atoms with Gasteiger partial charge in [-0.15, -0.1) is 0 Å². The molecule has 14 nitrogen and oxygen atoms in total. The Bertz CT molecular complexity index is 844. The van der Waals surface area contributed by atoms with E-state index in [4.69, 9.17) is 15.9 Å². The summed E-state index contributed by atoms with van der Waals surface area (Å²) < 4.78 is 0. The molecule has 4 unspecified atom stereocenters. The number of carbonyl (C=O) groups is 5. The highest BCUT2D eigenvalue weighted by Gasteiger charge is 2.31. The fourth-order valence-electron chi connectivity index (χ4n) is 2.95. The number of nitrogens with one attached hydrogen (secondary N) is 4. The number of aliphatic hydroxyl groups is 1. The zero-order valence-corrected chi connectivity index (χ0v) is 19.0. The molecule has 34 heavy (non-hydrogen) atoms. The summed E-state index contributed by atoms with van der Waals surface area (Å²) in [6, 6.07) is -5.07. The SMILES string of the molecule is CC(C)CC(NC(=O)C(N)CCC(=O)O)C(=O)NC(Cc1cnc[nH]1)C(=O)NC(CO)C(=O)O. The summed E-state index contributed by atoms with van der Waals surface area (Å²) in [6.07, 6.45) is 2.45. The molecule has 0 spiro atoms. The van der Waals surface area contributed by atoms with E-state index in [9.17, 15) is 29.1 Å². The third kappa shape index (κ3) is 9.95. The minimum absolute atomic E-state index is 0.0445. The van der Waals surface area contributed by atoms with Crippen LogP contribution in [0.5, 0.6) is 0 Å². The molecular formula is C20H32N6O8. The number of aromatic amines is 1. The Morgan fingerprint density at radius 1 is 1.00 bits per heavy atom. The fraction of sp³-hybridized carbons (Fsp3) is 0.600. The number of carboxylic acid groups (broad SMARTS) is 2. The summed E-state index contributed by atoms with van der Waals surface area (Å²) in [5.74, 6) is -4.92. The van der Waals surface area contributed by atoms with E-state index in [1.54, 1.807) is 0 Å². The van der Waals surface area contributed by atoms with Crippen molar-refractivity contribution in [1.29, 1.82) is 0 Å². The number of carbonyl (C=O) groups excluding carboxylic acids is 3. The third-order valence-corrected chi connectivity index (χ3v) is 4.76. The number of imidazole rings is 1. The Hall–Kier alpha value is -3.52. The lowest BCUT2D eigenvalue weighted by atomic mass is 10.0. The van der Waals surface area contributed by atoms with Crippen LogP contribution in [0, 0.1) is 5.92 Å². The maximum atomic E-state index is 13.0. The van der Waals surface area contributed by atoms with Crippen LogP contribution in [0.25, 0.3) is 0 Å². The van der Waals surface area contributed by atoms with E-state index < -0.39 is 60.4 Å². The Balaban J connectivity index is 2.99. The topological polar surface area (TPSA) is 237 Å². The lowest BCUT2D eigenvalue weighted by Crippen LogP contribution is -2.58. The lowest BCUT2D eigenvalue weighted by Gasteiger charge is -2.25. The van der Waals surface area contributed by atoms with Crippen LogP contribution >= 0.6 is 0 Å². The molecule has 1 rings (SSSR count). The van der Waals surface area contributed by atoms with Crippen molar-refractivity contribution in [2.24, 2.45) is 11.7 Å². The van der Waals surface area contributed by atoms with Gasteiger partial charge >= 0.3 is 11.9 Å². The van der Waals surface area contributed by atoms with Crippen molar-refractivity contribution in [3.63, 3.8) is 0 Å². The molecule has 0 radical (unpaired) electrons. The maximum Gasteiger partial charge on any atom is 0.328 e. The van der Waals surface area contributed by atoms with Crippen LogP contribution in [0.1, 0.15) is 38.8 Å². The van der Waals surface area contributed by atoms with Gasteiger partial charge in [0.05, 0.1) is 19.0 Å². The van der Waals surface area contributed by atoms with Gasteiger partial charge in [0.25, 0.3) is 0 Å². The number of nitrogens with two attached hydrogens (primary N) is 1. The number of hydrogen-bond acceptors (Lipinski definition) is 8. The lowest BCUT2D eigenvalue weighted by molar-refractivity contribution is -0.143. The molecule has 0 aliphatic carbocycles. The van der Waals surface area contributed by atoms with Crippen LogP contribution in [0.2, 0.25) is 0 Å². The highest BCUT2D eigenvalue weighted by atomic mass is 16.4. The number of nitrogens with zero attached hydrogens (tertiary/aromatic N) is 1. The largest absolute Gasteiger partial charge is 0.481 e. The molecular weight excluding hydrogens is 452 g/mol. The number of rotatable bonds is 15. The number of carboxylic acids is 2. The van der Waals surface area contributed by atoms with Gasteiger partial charge in [0.2, 0.25) is 17.7 Å². The van der Waals surface area contributed by atoms with Crippen LogP contribution in [-0.2, 0) is 30.4 Å². The summed E-state index contributed by atoms with van der Waals surface area (Å²) in [5.41, 5.74) is 6.19. The van der Waals surface area contributed by atoms with E-state index in [0.717, 1.165) is 0 Å². The van der Waals surface area contributed by atoms with E-state index >= 15 is 0 Å². The molecule has 14 heteroatoms. The van der Waals surface area contributed by atoms with Crippen molar-refractivity contribution in [2.75, 3.05) is 6.61 Å². The smallest absolute Gasteiger partial charge is 0.328 e. The molecule has 0 aromatic carbocycles. The van der Waals surface area contributed by atoms with Crippen LogP contribution in [-0.4, -0.2) is 85.7 Å². The second kappa shape index (κ2) is 13.9. The van der Waals surface area contributed by atoms with Crippen LogP contribution in [0.3, 0.4) is 0 Å². The molecule has 0 aliphatic rings. The molecule has 3 amide bonds. The number of aliphatic hydroxyl groups excluding tert-OH is 1. The van der Waals surface area contributed by atoms with Gasteiger partial charge in [-0.05, 0) is 18.8 Å². The summed E-state index contributed by atoms with van der Waals surface area (Å²) >= 11 is 0. The van der Waals surface area contributed by atoms with Gasteiger partial charge in [-0.25, -0.2) is 9.78 Å². The number of aliphatic carboxylic acids is 2. The number of amides is 3. The molecule has 0 bridgehead atoms. The molecule has 4 atom stereocenters. The van der Waals surface area contributed by atoms with Gasteiger partial charge in [-0.2, -0.15) is 0 Å². The predicted octanol–water partition coefficient (Wildman–Crippen LogP) is -2.28. The maximum absolute atomic E-state index is 13.0. The number of H-pyrrole nitrogens is 1. The summed E-state index contributed by atoms with van der Waals surface area (Å²) in [5, 5.41) is 34.2. The van der Waals surface area contributed by atoms with Gasteiger partial charge in [0.1, 0.15) is 18.1 Å². The standard InChI is InChI=1S/C20H32N6O8/c1-10(2)5-13(24-17(30)12(21)3-4-16(28)29)18(31)25-14(6-11-7-22-9-23-11)19(32)26-15(8-27)20(33)34/h7,9-10,12-15,27H,3-6,8,21H2,1-2H3,(H,22,23)(H,24,30)(H,25,31)(H,26,32)(H,28,29)(H,33,34). The predicted molar refractivity (Wildman–Crippen MR) is 117 cm³/mol. The minimum atomic E-state index is -1.58. The normalized spacial score (nSPS) is 14.5. The average Bonchev–Trinajstić information content (AvgIpc) is 3.26. The molecule has 0 aliphatic heterocycles. The zero-order valence-electron chi connectivity index (χ0n) is 19.0. The quantitative estimate of drug-likeness (QED) is 0.133. The first kappa shape index (κ1) is 28.5. The molecule has 190 valence electrons. The molecule has 0 fully saturated rings. The second-order valence-corrected chi connectivity index (χ2v) is 8.15. The van der Waals surface area contributed by atoms with Crippen molar-refractivity contribution in [2.45, 2.75) is 63.7 Å². The van der Waals surface area contributed by atoms with Gasteiger partial charge in [0.15, 0.2) is 0 Å². The van der Waals surface area contributed by atoms with Crippen molar-refractivity contribution < 1.29 is 39.3 Å². The molecule has 0 saturated heterocycles. The van der Waals surface area contributed by atoms with Crippen molar-refractivity contribution >= 4 is 29.7 Å². The van der Waals surface area contributed by atoms with Gasteiger partial charge in [-0.3, -0.25) is 19.2 Å². The first-order chi connectivity index (χ1) is 15.9. The molecule has 1 aromatic heterocycles. The summed E-state index contributed by atoms with van der Waals surface area (Å²) in [7, 11) is 0. The van der Waals surface area contributed by atoms with Gasteiger partial charge in [0, 0.05) is 24.7 Å². The molecule has 9 N–H and O–H groups in total. The molecule has 1 aromatic rings. The van der Waals surface area contributed by atoms with Gasteiger partial charge < -0.3 is 42.0 Å². The number of aromatic nitrogens is 2. The van der Waals surface area contributed by atoms with Crippen molar-refractivity contribution in [3.8, 4) is 0 Å². The second-order valence-electron chi connectivity index (χ2n) is 8.15. The van der Waals surface area contributed by atoms with E-state index in [2.05, 4.69) is 25.9 Å². The Morgan fingerprint density at radius 3 is 2.09 bits per heavy atom. The van der Waals surface area contributed by atoms with Gasteiger partial charge in [-0.1, -0.05) is 13.8 Å². The summed E-state index contributed by atoms with van der Waals surface area (Å²) in [6.45, 7) is 2.76. The molecule has 1 heterocycles. The Kier molecular flexibility index (Phi) is 11.7. The van der Waals surface area contributed by atoms with E-state index in [1.807, 2.05) is 13.8 Å². The first-order valence-electron chi connectivity index (χ1n) is 10.6. The minimum Gasteiger partial charge on any atom is -0.481 e. The highest BCUT2D eigenvalue weighted by molar-refractivity contribution is 5.94. The van der Waals surface area contributed by atoms with E-state index in [0.29, 0.717) is 5.69 Å². The number of hydrogen-bond donors (Lipinski definition) is 8. The third-order valence-electron chi connectivity index (χ3n) is 4.76. The first-order valence-corrected chi connectivity index (χ1v) is 10.6. The average molecular weight is 485 g/mol. The Morgan fingerprint density at radius 2 is 1.59 bits per heavy atom. The van der Waals surface area contributed by atoms with Crippen LogP contribution < -0.4 is 21.7 Å². The highest BCUT2D eigenvalue weighted by Crippen LogP contribution is 2.08. The molecule has 0 saturated carbocycles. The van der Waals surface area contributed by atoms with Crippen molar-refractivity contribution in [3.05, 3.63) is 18.2 Å². The Labute approximate surface area is 195 Å². The van der Waals surface area contributed by atoms with Crippen LogP contribution in [0.15, 0.2) is 12.5 Å². The van der Waals surface area contributed by atoms with E-state index in [1.165, 1.54) is 12.5 Å². The zero-order chi connectivity index (χ0) is 25.8. The monoisotopic (exact) mass is 484 g/mol. The van der Waals surface area contributed by atoms with Crippen LogP contribution in [0.4, 0.5) is 0 Å². The fourth-order valence-corrected chi connectivity index (χ4v) is 2.95. The van der Waals surface area contributed by atoms with Crippen molar-refractivity contribution in [1.82, 2.24) is 25.9 Å². The van der Waals surface area contributed by atoms with E-state index in [-0.39, 0.29) is 31.6 Å².